The fourth-order valence-corrected chi connectivity index (χ4v) is 4.14. The second kappa shape index (κ2) is 4.96. The number of aryl methyl sites for hydroxylation is 2. The lowest BCUT2D eigenvalue weighted by molar-refractivity contribution is 0.587. The van der Waals surface area contributed by atoms with Crippen LogP contribution in [0, 0.1) is 13.8 Å². The highest BCUT2D eigenvalue weighted by Crippen LogP contribution is 2.25. The van der Waals surface area contributed by atoms with Crippen molar-refractivity contribution in [3.8, 4) is 0 Å². The Morgan fingerprint density at radius 2 is 1.81 bits per heavy atom. The molecule has 1 aromatic heterocycles. The van der Waals surface area contributed by atoms with E-state index in [1.807, 2.05) is 19.1 Å². The van der Waals surface area contributed by atoms with Gasteiger partial charge in [-0.3, -0.25) is 0 Å². The van der Waals surface area contributed by atoms with Crippen molar-refractivity contribution in [1.29, 1.82) is 0 Å². The molecule has 4 nitrogen and oxygen atoms in total. The van der Waals surface area contributed by atoms with E-state index < -0.39 is 10.0 Å². The van der Waals surface area contributed by atoms with Crippen LogP contribution in [0.4, 0.5) is 0 Å². The quantitative estimate of drug-likeness (QED) is 0.697. The maximum atomic E-state index is 12.9. The van der Waals surface area contributed by atoms with Crippen LogP contribution in [0.1, 0.15) is 11.4 Å². The van der Waals surface area contributed by atoms with E-state index in [1.54, 1.807) is 37.3 Å². The minimum atomic E-state index is -3.66. The van der Waals surface area contributed by atoms with Gasteiger partial charge in [-0.05, 0) is 49.7 Å². The molecule has 2 aromatic carbocycles. The highest BCUT2D eigenvalue weighted by atomic mass is 79.9. The number of fused-ring (bicyclic) bond motifs is 1. The number of benzene rings is 2. The second-order valence-electron chi connectivity index (χ2n) is 4.83. The van der Waals surface area contributed by atoms with Crippen molar-refractivity contribution in [2.24, 2.45) is 0 Å². The first-order chi connectivity index (χ1) is 9.91. The second-order valence-corrected chi connectivity index (χ2v) is 7.47. The van der Waals surface area contributed by atoms with E-state index >= 15 is 0 Å². The Labute approximate surface area is 131 Å². The Morgan fingerprint density at radius 3 is 2.52 bits per heavy atom. The van der Waals surface area contributed by atoms with Crippen LogP contribution in [0.25, 0.3) is 11.0 Å². The van der Waals surface area contributed by atoms with Crippen LogP contribution in [0.5, 0.6) is 0 Å². The first-order valence-corrected chi connectivity index (χ1v) is 8.60. The summed E-state index contributed by atoms with van der Waals surface area (Å²) in [5.41, 5.74) is 2.14. The molecule has 108 valence electrons. The Hall–Kier alpha value is -1.66. The SMILES string of the molecule is Cc1cc(S(=O)(=O)n2c(C)nc3ccccc32)ccc1Br. The molecule has 0 saturated carbocycles. The molecule has 0 radical (unpaired) electrons. The molecule has 1 heterocycles. The largest absolute Gasteiger partial charge is 0.269 e. The van der Waals surface area contributed by atoms with Crippen molar-refractivity contribution in [1.82, 2.24) is 8.96 Å². The third kappa shape index (κ3) is 2.28. The Kier molecular flexibility index (Phi) is 3.37. The maximum absolute atomic E-state index is 12.9. The molecule has 0 bridgehead atoms. The Balaban J connectivity index is 2.30. The molecular formula is C15H13BrN2O2S. The van der Waals surface area contributed by atoms with Crippen molar-refractivity contribution in [3.63, 3.8) is 0 Å². The number of nitrogens with zero attached hydrogens (tertiary/aromatic N) is 2. The molecule has 3 rings (SSSR count). The number of imidazole rings is 1. The van der Waals surface area contributed by atoms with Gasteiger partial charge in [0.15, 0.2) is 0 Å². The van der Waals surface area contributed by atoms with Gasteiger partial charge in [-0.15, -0.1) is 0 Å². The minimum absolute atomic E-state index is 0.259. The number of halogens is 1. The van der Waals surface area contributed by atoms with E-state index in [1.165, 1.54) is 3.97 Å². The highest BCUT2D eigenvalue weighted by Gasteiger charge is 2.22. The van der Waals surface area contributed by atoms with E-state index in [9.17, 15) is 8.42 Å². The first-order valence-electron chi connectivity index (χ1n) is 6.37. The van der Waals surface area contributed by atoms with Crippen molar-refractivity contribution in [2.75, 3.05) is 0 Å². The van der Waals surface area contributed by atoms with E-state index in [2.05, 4.69) is 20.9 Å². The van der Waals surface area contributed by atoms with Gasteiger partial charge in [-0.25, -0.2) is 17.4 Å². The zero-order chi connectivity index (χ0) is 15.2. The minimum Gasteiger partial charge on any atom is -0.232 e. The predicted molar refractivity (Wildman–Crippen MR) is 85.9 cm³/mol. The number of hydrogen-bond acceptors (Lipinski definition) is 3. The molecular weight excluding hydrogens is 352 g/mol. The summed E-state index contributed by atoms with van der Waals surface area (Å²) < 4.78 is 28.0. The van der Waals surface area contributed by atoms with Crippen LogP contribution < -0.4 is 0 Å². The number of hydrogen-bond donors (Lipinski definition) is 0. The topological polar surface area (TPSA) is 52.0 Å². The third-order valence-corrected chi connectivity index (χ3v) is 6.03. The molecule has 0 fully saturated rings. The Morgan fingerprint density at radius 1 is 1.10 bits per heavy atom. The lowest BCUT2D eigenvalue weighted by atomic mass is 10.2. The summed E-state index contributed by atoms with van der Waals surface area (Å²) in [6.45, 7) is 3.56. The highest BCUT2D eigenvalue weighted by molar-refractivity contribution is 9.10. The first kappa shape index (κ1) is 14.3. The van der Waals surface area contributed by atoms with Gasteiger partial charge in [0.25, 0.3) is 10.0 Å². The number of rotatable bonds is 2. The Bertz CT molecular complexity index is 945. The number of aromatic nitrogens is 2. The maximum Gasteiger partial charge on any atom is 0.269 e. The summed E-state index contributed by atoms with van der Waals surface area (Å²) in [6, 6.07) is 12.2. The molecule has 0 amide bonds. The number of para-hydroxylation sites is 2. The lowest BCUT2D eigenvalue weighted by Crippen LogP contribution is -2.14. The summed E-state index contributed by atoms with van der Waals surface area (Å²) in [6.07, 6.45) is 0. The van der Waals surface area contributed by atoms with E-state index in [0.717, 1.165) is 10.0 Å². The van der Waals surface area contributed by atoms with Gasteiger partial charge in [0.1, 0.15) is 5.82 Å². The van der Waals surface area contributed by atoms with Gasteiger partial charge in [0.05, 0.1) is 15.9 Å². The molecule has 3 aromatic rings. The van der Waals surface area contributed by atoms with Crippen LogP contribution in [0.15, 0.2) is 51.8 Å². The van der Waals surface area contributed by atoms with Gasteiger partial charge < -0.3 is 0 Å². The summed E-state index contributed by atoms with van der Waals surface area (Å²) in [7, 11) is -3.66. The predicted octanol–water partition coefficient (Wildman–Crippen LogP) is 3.65. The molecule has 21 heavy (non-hydrogen) atoms. The molecule has 0 N–H and O–H groups in total. The van der Waals surface area contributed by atoms with Gasteiger partial charge in [-0.2, -0.15) is 0 Å². The van der Waals surface area contributed by atoms with Crippen LogP contribution >= 0.6 is 15.9 Å². The van der Waals surface area contributed by atoms with Crippen molar-refractivity contribution in [3.05, 3.63) is 58.3 Å². The zero-order valence-corrected chi connectivity index (χ0v) is 13.9. The monoisotopic (exact) mass is 364 g/mol. The fourth-order valence-electron chi connectivity index (χ4n) is 2.31. The van der Waals surface area contributed by atoms with Crippen LogP contribution in [-0.4, -0.2) is 17.4 Å². The van der Waals surface area contributed by atoms with Crippen molar-refractivity contribution < 1.29 is 8.42 Å². The summed E-state index contributed by atoms with van der Waals surface area (Å²) >= 11 is 3.39. The van der Waals surface area contributed by atoms with E-state index in [0.29, 0.717) is 16.9 Å². The molecule has 0 aliphatic heterocycles. The average Bonchev–Trinajstić information content (AvgIpc) is 2.78. The van der Waals surface area contributed by atoms with Crippen molar-refractivity contribution >= 4 is 37.0 Å². The normalized spacial score (nSPS) is 12.0. The smallest absolute Gasteiger partial charge is 0.232 e. The van der Waals surface area contributed by atoms with E-state index in [4.69, 9.17) is 0 Å². The summed E-state index contributed by atoms with van der Waals surface area (Å²) in [5, 5.41) is 0. The van der Waals surface area contributed by atoms with E-state index in [-0.39, 0.29) is 4.90 Å². The van der Waals surface area contributed by atoms with Gasteiger partial charge >= 0.3 is 0 Å². The molecule has 0 aliphatic carbocycles. The van der Waals surface area contributed by atoms with Crippen LogP contribution in [0.2, 0.25) is 0 Å². The molecule has 0 saturated heterocycles. The third-order valence-electron chi connectivity index (χ3n) is 3.34. The molecule has 0 aliphatic rings. The molecule has 0 unspecified atom stereocenters. The molecule has 6 heteroatoms. The van der Waals surface area contributed by atoms with Crippen molar-refractivity contribution in [2.45, 2.75) is 18.7 Å². The van der Waals surface area contributed by atoms with Crippen LogP contribution in [-0.2, 0) is 10.0 Å². The fraction of sp³-hybridized carbons (Fsp3) is 0.133. The summed E-state index contributed by atoms with van der Waals surface area (Å²) in [5.74, 6) is 0.455. The molecule has 0 spiro atoms. The molecule has 0 atom stereocenters. The van der Waals surface area contributed by atoms with Gasteiger partial charge in [-0.1, -0.05) is 28.1 Å². The van der Waals surface area contributed by atoms with Gasteiger partial charge in [0.2, 0.25) is 0 Å². The summed E-state index contributed by atoms with van der Waals surface area (Å²) in [4.78, 5) is 4.58. The lowest BCUT2D eigenvalue weighted by Gasteiger charge is -2.10. The average molecular weight is 365 g/mol. The standard InChI is InChI=1S/C15H13BrN2O2S/c1-10-9-12(7-8-13(10)16)21(19,20)18-11(2)17-14-5-3-4-6-15(14)18/h3-9H,1-2H3. The zero-order valence-electron chi connectivity index (χ0n) is 11.5. The van der Waals surface area contributed by atoms with Gasteiger partial charge in [0, 0.05) is 4.47 Å². The van der Waals surface area contributed by atoms with Crippen LogP contribution in [0.3, 0.4) is 0 Å².